The lowest BCUT2D eigenvalue weighted by atomic mass is 9.32. The average molecular weight is 1040 g/mol. The summed E-state index contributed by atoms with van der Waals surface area (Å²) in [6.07, 6.45) is 23.3. The molecule has 0 amide bonds. The largest absolute Gasteiger partial charge is 0.497 e. The normalized spacial score (nSPS) is 50.5. The standard InChI is InChI=1S/C67H81NO9/c1-68-55-32-48-40(16-9-18-43(48)35-69)15-7-8-24-62-25-22-56-63(37-70)36-64-46(28-44-27-41(20-21-52(44)64)38-11-3-2-4-12-38)23-26-76-61(64)54-30-42-17-10-19-47(39-13-5-6-14-39)49(42)31-53(66(54,63)74)60(72)67(56,75)65(62,73)34-45-29-50(55)59-51(58(45)62)33-57(71)77-59/h2-4,9-12,16-18,23,26,33,37,39,41-42,44-47,49-50,52-56,58-61,68-69,72-75H,5-6,8,13-14,19-22,24-25,27-32,34-36H2,1H3/t41-,42+,44+,45+,46+,47+,49-,50-,52+,53+,54-,55+,56-,58-,59-,60-,61-,62-,63+,64-,65-,66+,67-/m1/s1. The summed E-state index contributed by atoms with van der Waals surface area (Å²) >= 11 is 0. The first-order valence-electron chi connectivity index (χ1n) is 30.5. The zero-order valence-electron chi connectivity index (χ0n) is 45.0. The maximum Gasteiger partial charge on any atom is 0.331 e. The molecule has 23 atom stereocenters. The number of aldehydes is 1. The summed E-state index contributed by atoms with van der Waals surface area (Å²) < 4.78 is 13.6. The molecule has 10 heteroatoms. The fraction of sp³-hybridized carbons (Fsp3) is 0.672. The SMILES string of the molecule is CN[C@H]1Cc2c(cccc2CO)C#CCC[C@]23CC[C@H]4[C@@](O)([C@H](O)[C@@H]5C[C@@H]6[C@@H](C=CC[C@H]6C6CCCC6)C[C@@H]6[C@H]7OC=C[C@H]8C[C@@H]9C[C@H](c%10ccccc%10)CC[C@@H]9[C@]78C[C@@]4(C=O)[C@@]65O)[C@@]2(O)C[C@@H]2C[C@H]1[C@H]1OC(=O)C=C1[C@@H]23. The highest BCUT2D eigenvalue weighted by Crippen LogP contribution is 2.81. The topological polar surface area (TPSA) is 166 Å². The van der Waals surface area contributed by atoms with Crippen LogP contribution >= 0.6 is 0 Å². The number of rotatable bonds is 5. The van der Waals surface area contributed by atoms with Crippen LogP contribution in [0.4, 0.5) is 0 Å². The molecule has 2 spiro atoms. The van der Waals surface area contributed by atoms with Crippen LogP contribution in [-0.2, 0) is 32.1 Å². The van der Waals surface area contributed by atoms with Crippen LogP contribution in [0.15, 0.2) is 84.7 Å². The zero-order valence-corrected chi connectivity index (χ0v) is 45.0. The Morgan fingerprint density at radius 3 is 2.48 bits per heavy atom. The van der Waals surface area contributed by atoms with Crippen LogP contribution in [0.1, 0.15) is 144 Å². The minimum absolute atomic E-state index is 0.101. The summed E-state index contributed by atoms with van der Waals surface area (Å²) in [6, 6.07) is 16.7. The van der Waals surface area contributed by atoms with Crippen molar-refractivity contribution in [2.24, 2.45) is 93.2 Å². The first-order chi connectivity index (χ1) is 37.4. The Labute approximate surface area is 454 Å². The molecule has 0 unspecified atom stereocenters. The second-order valence-corrected chi connectivity index (χ2v) is 27.9. The highest BCUT2D eigenvalue weighted by Gasteiger charge is 2.88. The molecule has 2 aromatic rings. The van der Waals surface area contributed by atoms with E-state index in [1.807, 2.05) is 31.5 Å². The molecule has 408 valence electrons. The fourth-order valence-electron chi connectivity index (χ4n) is 23.5. The van der Waals surface area contributed by atoms with Crippen LogP contribution in [0.2, 0.25) is 0 Å². The molecule has 16 rings (SSSR count). The van der Waals surface area contributed by atoms with Gasteiger partial charge in [-0.3, -0.25) is 0 Å². The van der Waals surface area contributed by atoms with Crippen LogP contribution in [0.3, 0.4) is 0 Å². The van der Waals surface area contributed by atoms with Crippen molar-refractivity contribution in [1.29, 1.82) is 0 Å². The van der Waals surface area contributed by atoms with Gasteiger partial charge in [-0.05, 0) is 191 Å². The first-order valence-corrected chi connectivity index (χ1v) is 30.5. The molecule has 12 aliphatic carbocycles. The van der Waals surface area contributed by atoms with E-state index in [2.05, 4.69) is 65.7 Å². The van der Waals surface area contributed by atoms with Crippen molar-refractivity contribution in [3.8, 4) is 11.8 Å². The van der Waals surface area contributed by atoms with Gasteiger partial charge in [0.05, 0.1) is 30.0 Å². The van der Waals surface area contributed by atoms with Crippen LogP contribution in [0, 0.1) is 105 Å². The molecule has 0 radical (unpaired) electrons. The number of aliphatic hydroxyl groups excluding tert-OH is 2. The minimum atomic E-state index is -2.21. The first kappa shape index (κ1) is 49.9. The number of likely N-dealkylation sites (N-methyl/N-ethyl adjacent to an activating group) is 1. The van der Waals surface area contributed by atoms with Gasteiger partial charge < -0.3 is 45.1 Å². The Bertz CT molecular complexity index is 2880. The maximum absolute atomic E-state index is 15.7. The molecule has 77 heavy (non-hydrogen) atoms. The second-order valence-electron chi connectivity index (χ2n) is 27.9. The van der Waals surface area contributed by atoms with Gasteiger partial charge in [0, 0.05) is 58.6 Å². The van der Waals surface area contributed by atoms with E-state index < -0.39 is 69.0 Å². The van der Waals surface area contributed by atoms with Crippen LogP contribution in [0.5, 0.6) is 0 Å². The molecule has 2 aliphatic heterocycles. The average Bonchev–Trinajstić information content (AvgIpc) is 3.12. The van der Waals surface area contributed by atoms with E-state index >= 15 is 9.90 Å². The number of carbonyl (C=O) groups is 2. The van der Waals surface area contributed by atoms with E-state index in [-0.39, 0.29) is 66.6 Å². The summed E-state index contributed by atoms with van der Waals surface area (Å²) in [6.45, 7) is -0.126. The lowest BCUT2D eigenvalue weighted by Crippen LogP contribution is -2.87. The Kier molecular flexibility index (Phi) is 11.5. The van der Waals surface area contributed by atoms with E-state index in [1.54, 1.807) is 6.08 Å². The third-order valence-corrected chi connectivity index (χ3v) is 26.1. The lowest BCUT2D eigenvalue weighted by molar-refractivity contribution is -0.387. The van der Waals surface area contributed by atoms with Crippen molar-refractivity contribution < 1.29 is 44.6 Å². The number of benzene rings is 2. The number of hydrogen-bond donors (Lipinski definition) is 6. The quantitative estimate of drug-likeness (QED) is 0.0739. The zero-order chi connectivity index (χ0) is 52.4. The third kappa shape index (κ3) is 6.37. The van der Waals surface area contributed by atoms with Crippen LogP contribution in [0.25, 0.3) is 0 Å². The minimum Gasteiger partial charge on any atom is -0.497 e. The van der Waals surface area contributed by atoms with Gasteiger partial charge in [0.15, 0.2) is 0 Å². The van der Waals surface area contributed by atoms with Gasteiger partial charge in [-0.1, -0.05) is 92.1 Å². The molecule has 6 N–H and O–H groups in total. The number of ether oxygens (including phenoxy) is 2. The van der Waals surface area contributed by atoms with E-state index in [9.17, 15) is 25.2 Å². The van der Waals surface area contributed by atoms with Gasteiger partial charge in [0.2, 0.25) is 0 Å². The van der Waals surface area contributed by atoms with Crippen LogP contribution < -0.4 is 5.32 Å². The van der Waals surface area contributed by atoms with Crippen LogP contribution in [-0.4, -0.2) is 86.0 Å². The predicted molar refractivity (Wildman–Crippen MR) is 289 cm³/mol. The second kappa shape index (κ2) is 17.7. The van der Waals surface area contributed by atoms with Gasteiger partial charge in [0.25, 0.3) is 0 Å². The van der Waals surface area contributed by atoms with E-state index in [1.165, 1.54) is 31.2 Å². The summed E-state index contributed by atoms with van der Waals surface area (Å²) in [4.78, 5) is 29.5. The molecule has 9 fully saturated rings. The summed E-state index contributed by atoms with van der Waals surface area (Å²) in [5.41, 5.74) is -4.10. The molecule has 0 aromatic heterocycles. The van der Waals surface area contributed by atoms with Gasteiger partial charge in [0.1, 0.15) is 29.7 Å². The summed E-state index contributed by atoms with van der Waals surface area (Å²) in [5, 5.41) is 73.4. The molecule has 9 saturated carbocycles. The van der Waals surface area contributed by atoms with Crippen molar-refractivity contribution in [3.05, 3.63) is 107 Å². The van der Waals surface area contributed by atoms with Crippen molar-refractivity contribution in [2.45, 2.75) is 176 Å². The van der Waals surface area contributed by atoms with Gasteiger partial charge >= 0.3 is 5.97 Å². The number of hydrogen-bond acceptors (Lipinski definition) is 10. The molecule has 10 nitrogen and oxygen atoms in total. The Hall–Kier alpha value is -4.08. The van der Waals surface area contributed by atoms with Crippen molar-refractivity contribution in [3.63, 3.8) is 0 Å². The molecular weight excluding hydrogens is 963 g/mol. The van der Waals surface area contributed by atoms with Gasteiger partial charge in [-0.25, -0.2) is 4.79 Å². The number of esters is 1. The lowest BCUT2D eigenvalue weighted by Gasteiger charge is -2.75. The molecule has 0 saturated heterocycles. The number of carbonyl (C=O) groups excluding carboxylic acids is 2. The van der Waals surface area contributed by atoms with E-state index in [0.717, 1.165) is 60.7 Å². The number of fused-ring (bicyclic) bond motifs is 9. The predicted octanol–water partition coefficient (Wildman–Crippen LogP) is 8.66. The monoisotopic (exact) mass is 1040 g/mol. The van der Waals surface area contributed by atoms with Gasteiger partial charge in [-0.2, -0.15) is 0 Å². The molecule has 2 heterocycles. The number of allylic oxidation sites excluding steroid dienone is 3. The maximum atomic E-state index is 15.7. The fourth-order valence-corrected chi connectivity index (χ4v) is 23.5. The highest BCUT2D eigenvalue weighted by atomic mass is 16.5. The summed E-state index contributed by atoms with van der Waals surface area (Å²) in [7, 11) is 1.94. The number of nitrogens with one attached hydrogen (secondary N) is 1. The van der Waals surface area contributed by atoms with Crippen molar-refractivity contribution in [2.75, 3.05) is 7.05 Å². The molecule has 4 bridgehead atoms. The van der Waals surface area contributed by atoms with E-state index in [4.69, 9.17) is 9.47 Å². The van der Waals surface area contributed by atoms with Crippen molar-refractivity contribution >= 4 is 12.3 Å². The molecular formula is C67H81NO9. The molecule has 14 aliphatic rings. The molecule has 2 aromatic carbocycles. The third-order valence-electron chi connectivity index (χ3n) is 26.1. The Balaban J connectivity index is 0.917. The number of aliphatic hydroxyl groups is 5. The van der Waals surface area contributed by atoms with Gasteiger partial charge in [-0.15, -0.1) is 0 Å². The van der Waals surface area contributed by atoms with E-state index in [0.29, 0.717) is 81.5 Å². The highest BCUT2D eigenvalue weighted by molar-refractivity contribution is 5.86. The Morgan fingerprint density at radius 1 is 0.831 bits per heavy atom. The Morgan fingerprint density at radius 2 is 1.68 bits per heavy atom. The summed E-state index contributed by atoms with van der Waals surface area (Å²) in [5.74, 6) is 5.75. The van der Waals surface area contributed by atoms with Crippen molar-refractivity contribution in [1.82, 2.24) is 5.32 Å². The smallest absolute Gasteiger partial charge is 0.331 e.